The Balaban J connectivity index is 1.51. The average molecular weight is 383 g/mol. The van der Waals surface area contributed by atoms with Crippen molar-refractivity contribution < 1.29 is 13.6 Å². The van der Waals surface area contributed by atoms with Crippen LogP contribution in [-0.2, 0) is 11.2 Å². The van der Waals surface area contributed by atoms with Crippen LogP contribution in [0, 0.1) is 6.92 Å². The van der Waals surface area contributed by atoms with E-state index in [1.165, 1.54) is 0 Å². The van der Waals surface area contributed by atoms with Crippen molar-refractivity contribution in [2.75, 3.05) is 20.1 Å². The van der Waals surface area contributed by atoms with Crippen LogP contribution >= 0.6 is 0 Å². The van der Waals surface area contributed by atoms with Crippen LogP contribution < -0.4 is 5.32 Å². The van der Waals surface area contributed by atoms with Crippen molar-refractivity contribution in [3.8, 4) is 11.5 Å². The number of alkyl halides is 1. The zero-order valence-electron chi connectivity index (χ0n) is 15.9. The second-order valence-electron chi connectivity index (χ2n) is 7.05. The standard InChI is InChI=1S/C20H22FN5O2/c1-12-23-10-19(28-12)18-6-13-5-15(24-8-14(13)9-25-18)7-20(27)26-4-3-17(22-2)16(21)11-26/h5-6,8-10,16-17,22H,3-4,7,11H2,1-2H3/t16-,17-/m0/s1. The molecule has 1 N–H and O–H groups in total. The van der Waals surface area contributed by atoms with Crippen molar-refractivity contribution in [1.29, 1.82) is 0 Å². The number of nitrogens with one attached hydrogen (secondary N) is 1. The number of hydrogen-bond donors (Lipinski definition) is 1. The molecule has 1 amide bonds. The second kappa shape index (κ2) is 7.63. The van der Waals surface area contributed by atoms with Gasteiger partial charge in [0.1, 0.15) is 11.9 Å². The number of pyridine rings is 2. The Bertz CT molecular complexity index is 1010. The van der Waals surface area contributed by atoms with E-state index >= 15 is 0 Å². The first-order chi connectivity index (χ1) is 13.5. The molecule has 28 heavy (non-hydrogen) atoms. The maximum atomic E-state index is 14.1. The average Bonchev–Trinajstić information content (AvgIpc) is 3.13. The second-order valence-corrected chi connectivity index (χ2v) is 7.05. The molecule has 1 fully saturated rings. The summed E-state index contributed by atoms with van der Waals surface area (Å²) in [5, 5.41) is 4.74. The number of aromatic nitrogens is 3. The molecule has 0 aliphatic carbocycles. The van der Waals surface area contributed by atoms with Gasteiger partial charge in [-0.15, -0.1) is 0 Å². The molecule has 1 aliphatic rings. The van der Waals surface area contributed by atoms with Crippen LogP contribution in [0.5, 0.6) is 0 Å². The minimum Gasteiger partial charge on any atom is -0.439 e. The smallest absolute Gasteiger partial charge is 0.228 e. The van der Waals surface area contributed by atoms with E-state index in [-0.39, 0.29) is 24.9 Å². The van der Waals surface area contributed by atoms with E-state index in [4.69, 9.17) is 4.42 Å². The van der Waals surface area contributed by atoms with E-state index in [0.29, 0.717) is 36.0 Å². The Morgan fingerprint density at radius 3 is 2.79 bits per heavy atom. The molecule has 4 heterocycles. The maximum Gasteiger partial charge on any atom is 0.228 e. The molecule has 3 aromatic rings. The zero-order valence-corrected chi connectivity index (χ0v) is 15.9. The van der Waals surface area contributed by atoms with Crippen LogP contribution in [-0.4, -0.2) is 58.1 Å². The molecule has 0 radical (unpaired) electrons. The summed E-state index contributed by atoms with van der Waals surface area (Å²) in [5.74, 6) is 1.06. The van der Waals surface area contributed by atoms with E-state index in [0.717, 1.165) is 10.8 Å². The van der Waals surface area contributed by atoms with E-state index in [1.807, 2.05) is 12.1 Å². The highest BCUT2D eigenvalue weighted by Crippen LogP contribution is 2.23. The summed E-state index contributed by atoms with van der Waals surface area (Å²) in [6.07, 6.45) is 4.76. The van der Waals surface area contributed by atoms with Crippen LogP contribution in [0.3, 0.4) is 0 Å². The number of fused-ring (bicyclic) bond motifs is 1. The van der Waals surface area contributed by atoms with Crippen molar-refractivity contribution >= 4 is 16.7 Å². The molecular weight excluding hydrogens is 361 g/mol. The highest BCUT2D eigenvalue weighted by atomic mass is 19.1. The molecule has 1 saturated heterocycles. The van der Waals surface area contributed by atoms with E-state index in [2.05, 4.69) is 20.3 Å². The van der Waals surface area contributed by atoms with Crippen LogP contribution in [0.15, 0.2) is 35.1 Å². The minimum absolute atomic E-state index is 0.107. The van der Waals surface area contributed by atoms with Gasteiger partial charge in [-0.1, -0.05) is 0 Å². The lowest BCUT2D eigenvalue weighted by molar-refractivity contribution is -0.133. The Kier molecular flexibility index (Phi) is 5.04. The van der Waals surface area contributed by atoms with Crippen molar-refractivity contribution in [3.63, 3.8) is 0 Å². The first kappa shape index (κ1) is 18.5. The van der Waals surface area contributed by atoms with Gasteiger partial charge < -0.3 is 14.6 Å². The summed E-state index contributed by atoms with van der Waals surface area (Å²) >= 11 is 0. The highest BCUT2D eigenvalue weighted by Gasteiger charge is 2.30. The monoisotopic (exact) mass is 383 g/mol. The largest absolute Gasteiger partial charge is 0.439 e. The number of aryl methyl sites for hydroxylation is 1. The highest BCUT2D eigenvalue weighted by molar-refractivity contribution is 5.85. The lowest BCUT2D eigenvalue weighted by atomic mass is 10.0. The number of amides is 1. The molecule has 0 aromatic carbocycles. The number of carbonyl (C=O) groups is 1. The van der Waals surface area contributed by atoms with Gasteiger partial charge in [0.15, 0.2) is 11.7 Å². The predicted molar refractivity (Wildman–Crippen MR) is 102 cm³/mol. The van der Waals surface area contributed by atoms with Gasteiger partial charge in [0.05, 0.1) is 24.9 Å². The number of likely N-dealkylation sites (tertiary alicyclic amines) is 1. The van der Waals surface area contributed by atoms with Gasteiger partial charge in [-0.2, -0.15) is 0 Å². The number of nitrogens with zero attached hydrogens (tertiary/aromatic N) is 4. The van der Waals surface area contributed by atoms with Gasteiger partial charge in [0.2, 0.25) is 5.91 Å². The summed E-state index contributed by atoms with van der Waals surface area (Å²) in [5.41, 5.74) is 1.32. The molecule has 2 atom stereocenters. The Labute approximate surface area is 162 Å². The molecule has 8 heteroatoms. The number of hydrogen-bond acceptors (Lipinski definition) is 6. The van der Waals surface area contributed by atoms with Crippen molar-refractivity contribution in [2.24, 2.45) is 0 Å². The molecule has 3 aromatic heterocycles. The number of piperidine rings is 1. The van der Waals surface area contributed by atoms with Gasteiger partial charge in [-0.3, -0.25) is 14.8 Å². The third-order valence-corrected chi connectivity index (χ3v) is 5.13. The fraction of sp³-hybridized carbons (Fsp3) is 0.400. The minimum atomic E-state index is -1.05. The molecule has 0 unspecified atom stereocenters. The molecule has 146 valence electrons. The maximum absolute atomic E-state index is 14.1. The quantitative estimate of drug-likeness (QED) is 0.744. The molecular formula is C20H22FN5O2. The lowest BCUT2D eigenvalue weighted by Gasteiger charge is -2.34. The van der Waals surface area contributed by atoms with Gasteiger partial charge in [-0.25, -0.2) is 9.37 Å². The molecule has 0 saturated carbocycles. The van der Waals surface area contributed by atoms with Gasteiger partial charge in [-0.05, 0) is 31.0 Å². The SMILES string of the molecule is CN[C@H]1CCN(C(=O)Cc2cc3cc(-c4cnc(C)o4)ncc3cn2)C[C@@H]1F. The Morgan fingerprint density at radius 2 is 2.07 bits per heavy atom. The number of oxazole rings is 1. The summed E-state index contributed by atoms with van der Waals surface area (Å²) < 4.78 is 19.7. The van der Waals surface area contributed by atoms with Crippen molar-refractivity contribution in [1.82, 2.24) is 25.2 Å². The summed E-state index contributed by atoms with van der Waals surface area (Å²) in [6, 6.07) is 3.57. The van der Waals surface area contributed by atoms with Crippen LogP contribution in [0.2, 0.25) is 0 Å². The third-order valence-electron chi connectivity index (χ3n) is 5.13. The molecule has 1 aliphatic heterocycles. The zero-order chi connectivity index (χ0) is 19.7. The topological polar surface area (TPSA) is 84.2 Å². The lowest BCUT2D eigenvalue weighted by Crippen LogP contribution is -2.51. The van der Waals surface area contributed by atoms with Gasteiger partial charge in [0.25, 0.3) is 0 Å². The van der Waals surface area contributed by atoms with E-state index < -0.39 is 6.17 Å². The predicted octanol–water partition coefficient (Wildman–Crippen LogP) is 2.29. The number of carbonyl (C=O) groups excluding carboxylic acids is 1. The Morgan fingerprint density at radius 1 is 1.25 bits per heavy atom. The molecule has 0 bridgehead atoms. The van der Waals surface area contributed by atoms with Crippen molar-refractivity contribution in [2.45, 2.75) is 32.0 Å². The van der Waals surface area contributed by atoms with E-state index in [9.17, 15) is 9.18 Å². The summed E-state index contributed by atoms with van der Waals surface area (Å²) in [7, 11) is 1.75. The van der Waals surface area contributed by atoms with Crippen LogP contribution in [0.1, 0.15) is 18.0 Å². The molecule has 7 nitrogen and oxygen atoms in total. The fourth-order valence-corrected chi connectivity index (χ4v) is 3.52. The summed E-state index contributed by atoms with van der Waals surface area (Å²) in [6.45, 7) is 2.45. The van der Waals surface area contributed by atoms with Crippen molar-refractivity contribution in [3.05, 3.63) is 42.3 Å². The molecule has 0 spiro atoms. The number of rotatable bonds is 4. The molecule has 4 rings (SSSR count). The Hall–Kier alpha value is -2.87. The third kappa shape index (κ3) is 3.73. The van der Waals surface area contributed by atoms with Crippen LogP contribution in [0.4, 0.5) is 4.39 Å². The van der Waals surface area contributed by atoms with Gasteiger partial charge in [0, 0.05) is 37.3 Å². The fourth-order valence-electron chi connectivity index (χ4n) is 3.52. The summed E-state index contributed by atoms with van der Waals surface area (Å²) in [4.78, 5) is 27.0. The first-order valence-corrected chi connectivity index (χ1v) is 9.30. The van der Waals surface area contributed by atoms with E-state index in [1.54, 1.807) is 37.5 Å². The van der Waals surface area contributed by atoms with Crippen LogP contribution in [0.25, 0.3) is 22.2 Å². The normalized spacial score (nSPS) is 19.9. The van der Waals surface area contributed by atoms with Gasteiger partial charge >= 0.3 is 0 Å². The first-order valence-electron chi connectivity index (χ1n) is 9.30. The number of halogens is 1.